The first-order chi connectivity index (χ1) is 18.4. The maximum absolute atomic E-state index is 12.5. The lowest BCUT2D eigenvalue weighted by molar-refractivity contribution is -0.115. The highest BCUT2D eigenvalue weighted by Crippen LogP contribution is 2.43. The molecule has 2 heterocycles. The molecule has 12 heteroatoms. The molecule has 1 saturated carbocycles. The van der Waals surface area contributed by atoms with Crippen molar-refractivity contribution < 1.29 is 9.90 Å². The molecule has 0 bridgehead atoms. The minimum absolute atomic E-state index is 0.147. The number of carbonyl (C=O) groups is 1. The van der Waals surface area contributed by atoms with Gasteiger partial charge in [0.1, 0.15) is 16.2 Å². The molecular weight excluding hydrogens is 520 g/mol. The fraction of sp³-hybridized carbons (Fsp3) is 0.346. The molecule has 198 valence electrons. The third-order valence-electron chi connectivity index (χ3n) is 6.49. The second kappa shape index (κ2) is 11.8. The van der Waals surface area contributed by atoms with E-state index in [9.17, 15) is 9.90 Å². The summed E-state index contributed by atoms with van der Waals surface area (Å²) in [6.45, 7) is 0. The number of aromatic nitrogens is 4. The number of nitrogens with zero attached hydrogens (tertiary/aromatic N) is 4. The van der Waals surface area contributed by atoms with E-state index in [1.165, 1.54) is 22.7 Å². The zero-order valence-corrected chi connectivity index (χ0v) is 22.3. The van der Waals surface area contributed by atoms with Gasteiger partial charge < -0.3 is 27.2 Å². The van der Waals surface area contributed by atoms with Gasteiger partial charge in [0.2, 0.25) is 16.2 Å². The number of nitrogen functional groups attached to an aromatic ring is 2. The number of amides is 1. The predicted molar refractivity (Wildman–Crippen MR) is 151 cm³/mol. The predicted octanol–water partition coefficient (Wildman–Crippen LogP) is 4.15. The van der Waals surface area contributed by atoms with E-state index in [1.807, 2.05) is 36.4 Å². The largest absolute Gasteiger partial charge is 0.399 e. The molecule has 10 nitrogen and oxygen atoms in total. The van der Waals surface area contributed by atoms with Crippen LogP contribution in [0.1, 0.15) is 58.7 Å². The van der Waals surface area contributed by atoms with Gasteiger partial charge in [-0.1, -0.05) is 53.4 Å². The van der Waals surface area contributed by atoms with Crippen molar-refractivity contribution in [3.8, 4) is 0 Å². The number of benzene rings is 2. The molecule has 1 fully saturated rings. The van der Waals surface area contributed by atoms with Crippen LogP contribution in [0, 0.1) is 0 Å². The molecule has 5 rings (SSSR count). The molecule has 0 saturated heterocycles. The molecule has 1 amide bonds. The maximum Gasteiger partial charge on any atom is 0.230 e. The zero-order chi connectivity index (χ0) is 26.5. The molecule has 0 radical (unpaired) electrons. The van der Waals surface area contributed by atoms with Crippen LogP contribution >= 0.6 is 22.7 Å². The number of anilines is 4. The Morgan fingerprint density at radius 3 is 2.21 bits per heavy atom. The van der Waals surface area contributed by atoms with Crippen molar-refractivity contribution >= 4 is 50.2 Å². The van der Waals surface area contributed by atoms with Crippen molar-refractivity contribution in [3.63, 3.8) is 0 Å². The highest BCUT2D eigenvalue weighted by Gasteiger charge is 2.29. The van der Waals surface area contributed by atoms with Crippen LogP contribution in [0.2, 0.25) is 0 Å². The van der Waals surface area contributed by atoms with Crippen LogP contribution in [0.5, 0.6) is 0 Å². The number of aliphatic hydroxyl groups is 1. The van der Waals surface area contributed by atoms with Gasteiger partial charge in [-0.05, 0) is 54.7 Å². The second-order valence-electron chi connectivity index (χ2n) is 9.53. The Morgan fingerprint density at radius 1 is 0.921 bits per heavy atom. The van der Waals surface area contributed by atoms with Crippen LogP contribution < -0.4 is 22.1 Å². The first kappa shape index (κ1) is 26.0. The van der Waals surface area contributed by atoms with Crippen LogP contribution in [0.15, 0.2) is 48.5 Å². The summed E-state index contributed by atoms with van der Waals surface area (Å²) in [5.74, 6) is 0.366. The number of nitrogens with one attached hydrogen (secondary N) is 2. The molecule has 1 unspecified atom stereocenters. The van der Waals surface area contributed by atoms with E-state index in [1.54, 1.807) is 12.1 Å². The monoisotopic (exact) mass is 550 g/mol. The van der Waals surface area contributed by atoms with Gasteiger partial charge in [0.15, 0.2) is 0 Å². The number of carbonyl (C=O) groups excluding carboxylic acids is 1. The average Bonchev–Trinajstić information content (AvgIpc) is 3.54. The van der Waals surface area contributed by atoms with E-state index >= 15 is 0 Å². The Morgan fingerprint density at radius 2 is 1.53 bits per heavy atom. The standard InChI is InChI=1S/C26H30N8O2S2/c27-19-8-1-4-15(10-19)12-21(35)29-25-33-31-23(37-25)17-6-3-7-18(14-17)24-32-34-26(38-24)30-22(36)13-16-5-2-9-20(28)11-16/h1-2,4-5,8-11,17-18,21,35H,3,6-7,12-14,27-28H2,(H,29,33)(H,30,34,36)/t17-,18-,21?/m0/s1. The molecule has 1 aliphatic carbocycles. The van der Waals surface area contributed by atoms with Gasteiger partial charge >= 0.3 is 0 Å². The maximum atomic E-state index is 12.5. The average molecular weight is 551 g/mol. The van der Waals surface area contributed by atoms with Gasteiger partial charge in [0.25, 0.3) is 0 Å². The van der Waals surface area contributed by atoms with E-state index in [2.05, 4.69) is 31.0 Å². The fourth-order valence-electron chi connectivity index (χ4n) is 4.74. The molecule has 2 aromatic heterocycles. The van der Waals surface area contributed by atoms with Crippen LogP contribution in [-0.2, 0) is 17.6 Å². The topological polar surface area (TPSA) is 165 Å². The van der Waals surface area contributed by atoms with Crippen LogP contribution in [0.25, 0.3) is 0 Å². The van der Waals surface area contributed by atoms with Gasteiger partial charge in [-0.15, -0.1) is 20.4 Å². The number of hydrogen-bond acceptors (Lipinski definition) is 11. The van der Waals surface area contributed by atoms with Gasteiger partial charge in [0.05, 0.1) is 6.42 Å². The SMILES string of the molecule is Nc1cccc(CC(=O)Nc2nnc([C@H]3CCC[C@H](c4nnc(NC(O)Cc5cccc(N)c5)s4)C3)s2)c1. The minimum Gasteiger partial charge on any atom is -0.399 e. The van der Waals surface area contributed by atoms with Crippen LogP contribution in [-0.4, -0.2) is 37.6 Å². The van der Waals surface area contributed by atoms with Gasteiger partial charge in [-0.25, -0.2) is 0 Å². The van der Waals surface area contributed by atoms with E-state index in [4.69, 9.17) is 11.5 Å². The number of nitrogens with two attached hydrogens (primary N) is 2. The zero-order valence-electron chi connectivity index (χ0n) is 20.7. The minimum atomic E-state index is -0.786. The van der Waals surface area contributed by atoms with Crippen molar-refractivity contribution in [2.24, 2.45) is 0 Å². The van der Waals surface area contributed by atoms with Crippen molar-refractivity contribution in [2.45, 2.75) is 56.6 Å². The quantitative estimate of drug-likeness (QED) is 0.152. The van der Waals surface area contributed by atoms with E-state index in [-0.39, 0.29) is 24.2 Å². The number of aliphatic hydroxyl groups excluding tert-OH is 1. The highest BCUT2D eigenvalue weighted by molar-refractivity contribution is 7.15. The van der Waals surface area contributed by atoms with Gasteiger partial charge in [-0.2, -0.15) is 0 Å². The molecule has 3 atom stereocenters. The lowest BCUT2D eigenvalue weighted by atomic mass is 9.82. The highest BCUT2D eigenvalue weighted by atomic mass is 32.1. The van der Waals surface area contributed by atoms with Crippen LogP contribution in [0.3, 0.4) is 0 Å². The molecule has 4 aromatic rings. The van der Waals surface area contributed by atoms with Crippen LogP contribution in [0.4, 0.5) is 21.6 Å². The van der Waals surface area contributed by atoms with E-state index in [0.717, 1.165) is 46.8 Å². The fourth-order valence-corrected chi connectivity index (χ4v) is 6.58. The Labute approximate surface area is 228 Å². The summed E-state index contributed by atoms with van der Waals surface area (Å²) in [5, 5.41) is 36.6. The number of hydrogen-bond donors (Lipinski definition) is 5. The molecule has 2 aromatic carbocycles. The summed E-state index contributed by atoms with van der Waals surface area (Å²) in [5.41, 5.74) is 14.7. The Bertz CT molecular complexity index is 1390. The second-order valence-corrected chi connectivity index (χ2v) is 11.5. The molecule has 7 N–H and O–H groups in total. The summed E-state index contributed by atoms with van der Waals surface area (Å²) < 4.78 is 0. The van der Waals surface area contributed by atoms with Crippen molar-refractivity contribution in [1.29, 1.82) is 0 Å². The molecule has 0 aliphatic heterocycles. The summed E-state index contributed by atoms with van der Waals surface area (Å²) >= 11 is 2.91. The Balaban J connectivity index is 1.15. The summed E-state index contributed by atoms with van der Waals surface area (Å²) in [6.07, 6.45) is 3.85. The third-order valence-corrected chi connectivity index (χ3v) is 8.50. The summed E-state index contributed by atoms with van der Waals surface area (Å²) in [4.78, 5) is 12.5. The lowest BCUT2D eigenvalue weighted by Crippen LogP contribution is -2.21. The molecule has 38 heavy (non-hydrogen) atoms. The van der Waals surface area contributed by atoms with Crippen molar-refractivity contribution in [1.82, 2.24) is 20.4 Å². The van der Waals surface area contributed by atoms with Gasteiger partial charge in [0, 0.05) is 29.6 Å². The smallest absolute Gasteiger partial charge is 0.230 e. The lowest BCUT2D eigenvalue weighted by Gasteiger charge is -2.25. The summed E-state index contributed by atoms with van der Waals surface area (Å²) in [6, 6.07) is 14.8. The Kier molecular flexibility index (Phi) is 8.11. The van der Waals surface area contributed by atoms with E-state index in [0.29, 0.717) is 28.1 Å². The number of rotatable bonds is 9. The molecule has 0 spiro atoms. The van der Waals surface area contributed by atoms with Crippen molar-refractivity contribution in [2.75, 3.05) is 22.1 Å². The van der Waals surface area contributed by atoms with Crippen molar-refractivity contribution in [3.05, 3.63) is 69.7 Å². The molecular formula is C26H30N8O2S2. The molecule has 1 aliphatic rings. The third kappa shape index (κ3) is 6.82. The first-order valence-electron chi connectivity index (χ1n) is 12.5. The van der Waals surface area contributed by atoms with Gasteiger partial charge in [-0.3, -0.25) is 4.79 Å². The first-order valence-corrected chi connectivity index (χ1v) is 14.1. The summed E-state index contributed by atoms with van der Waals surface area (Å²) in [7, 11) is 0. The van der Waals surface area contributed by atoms with E-state index < -0.39 is 6.23 Å². The Hall–Kier alpha value is -3.61. The normalized spacial score (nSPS) is 18.1.